The molecule has 1 aromatic heterocycles. The molecule has 0 bridgehead atoms. The monoisotopic (exact) mass is 300 g/mol. The maximum absolute atomic E-state index is 13.9. The highest BCUT2D eigenvalue weighted by atomic mass is 35.5. The normalized spacial score (nSPS) is 11.0. The van der Waals surface area contributed by atoms with Gasteiger partial charge in [0.05, 0.1) is 10.9 Å². The Bertz CT molecular complexity index is 830. The Balaban J connectivity index is 2.33. The molecule has 0 atom stereocenters. The molecule has 1 heterocycles. The second-order valence-corrected chi connectivity index (χ2v) is 5.29. The van der Waals surface area contributed by atoms with Crippen LogP contribution in [0.3, 0.4) is 0 Å². The van der Waals surface area contributed by atoms with E-state index in [2.05, 4.69) is 16.9 Å². The van der Waals surface area contributed by atoms with E-state index in [0.29, 0.717) is 11.3 Å². The van der Waals surface area contributed by atoms with Gasteiger partial charge in [0.15, 0.2) is 5.82 Å². The van der Waals surface area contributed by atoms with Crippen molar-refractivity contribution in [1.82, 2.24) is 9.97 Å². The summed E-state index contributed by atoms with van der Waals surface area (Å²) in [6, 6.07) is 11.0. The molecule has 2 aromatic carbocycles. The van der Waals surface area contributed by atoms with Gasteiger partial charge in [0, 0.05) is 5.56 Å². The summed E-state index contributed by atoms with van der Waals surface area (Å²) in [5.74, 6) is 0.148. The van der Waals surface area contributed by atoms with Crippen molar-refractivity contribution >= 4 is 22.5 Å². The van der Waals surface area contributed by atoms with Gasteiger partial charge in [0.25, 0.3) is 0 Å². The Morgan fingerprint density at radius 3 is 2.62 bits per heavy atom. The second kappa shape index (κ2) is 5.41. The average molecular weight is 301 g/mol. The topological polar surface area (TPSA) is 25.8 Å². The third-order valence-corrected chi connectivity index (χ3v) is 3.87. The van der Waals surface area contributed by atoms with Gasteiger partial charge in [0.2, 0.25) is 0 Å². The average Bonchev–Trinajstić information content (AvgIpc) is 2.50. The van der Waals surface area contributed by atoms with Crippen molar-refractivity contribution in [3.8, 4) is 11.4 Å². The summed E-state index contributed by atoms with van der Waals surface area (Å²) in [6.45, 7) is 3.97. The molecule has 0 amide bonds. The number of nitrogens with zero attached hydrogens (tertiary/aromatic N) is 2. The fraction of sp³-hybridized carbons (Fsp3) is 0.176. The van der Waals surface area contributed by atoms with Crippen molar-refractivity contribution in [3.05, 3.63) is 58.5 Å². The summed E-state index contributed by atoms with van der Waals surface area (Å²) in [6.07, 6.45) is 0.872. The van der Waals surface area contributed by atoms with E-state index in [1.807, 2.05) is 31.2 Å². The zero-order valence-corrected chi connectivity index (χ0v) is 12.6. The van der Waals surface area contributed by atoms with E-state index in [1.165, 1.54) is 6.07 Å². The number of benzene rings is 2. The van der Waals surface area contributed by atoms with Crippen molar-refractivity contribution in [1.29, 1.82) is 0 Å². The van der Waals surface area contributed by atoms with Crippen molar-refractivity contribution in [2.45, 2.75) is 20.3 Å². The molecule has 0 radical (unpaired) electrons. The lowest BCUT2D eigenvalue weighted by Gasteiger charge is -2.10. The van der Waals surface area contributed by atoms with Gasteiger partial charge < -0.3 is 0 Å². The van der Waals surface area contributed by atoms with Crippen LogP contribution >= 0.6 is 11.6 Å². The number of aromatic nitrogens is 2. The van der Waals surface area contributed by atoms with Gasteiger partial charge in [-0.25, -0.2) is 14.4 Å². The van der Waals surface area contributed by atoms with Crippen LogP contribution in [-0.4, -0.2) is 9.97 Å². The lowest BCUT2D eigenvalue weighted by atomic mass is 10.0. The Hall–Kier alpha value is -2.00. The van der Waals surface area contributed by atoms with E-state index >= 15 is 0 Å². The van der Waals surface area contributed by atoms with E-state index in [4.69, 9.17) is 11.6 Å². The lowest BCUT2D eigenvalue weighted by Crippen LogP contribution is -1.98. The van der Waals surface area contributed by atoms with Crippen molar-refractivity contribution in [2.75, 3.05) is 0 Å². The van der Waals surface area contributed by atoms with Crippen LogP contribution < -0.4 is 0 Å². The summed E-state index contributed by atoms with van der Waals surface area (Å²) >= 11 is 6.19. The summed E-state index contributed by atoms with van der Waals surface area (Å²) in [5, 5.41) is 0.441. The predicted molar refractivity (Wildman–Crippen MR) is 84.1 cm³/mol. The molecule has 0 saturated heterocycles. The molecule has 0 N–H and O–H groups in total. The summed E-state index contributed by atoms with van der Waals surface area (Å²) < 4.78 is 13.9. The second-order valence-electron chi connectivity index (χ2n) is 4.94. The van der Waals surface area contributed by atoms with Gasteiger partial charge in [-0.05, 0) is 30.5 Å². The molecule has 0 unspecified atom stereocenters. The smallest absolute Gasteiger partial charge is 0.161 e. The first-order chi connectivity index (χ1) is 10.1. The first-order valence-corrected chi connectivity index (χ1v) is 7.20. The van der Waals surface area contributed by atoms with Crippen LogP contribution in [0.15, 0.2) is 36.4 Å². The maximum Gasteiger partial charge on any atom is 0.161 e. The molecule has 0 aliphatic heterocycles. The fourth-order valence-electron chi connectivity index (χ4n) is 2.46. The number of halogens is 2. The Labute approximate surface area is 127 Å². The molecule has 2 nitrogen and oxygen atoms in total. The lowest BCUT2D eigenvalue weighted by molar-refractivity contribution is 0.639. The molecule has 0 saturated carbocycles. The number of hydrogen-bond acceptors (Lipinski definition) is 2. The van der Waals surface area contributed by atoms with Crippen LogP contribution in [0, 0.1) is 12.7 Å². The van der Waals surface area contributed by atoms with Crippen LogP contribution in [0.25, 0.3) is 22.3 Å². The zero-order valence-electron chi connectivity index (χ0n) is 11.8. The van der Waals surface area contributed by atoms with Gasteiger partial charge in [-0.15, -0.1) is 0 Å². The zero-order chi connectivity index (χ0) is 15.0. The third-order valence-electron chi connectivity index (χ3n) is 3.60. The fourth-order valence-corrected chi connectivity index (χ4v) is 2.72. The quantitative estimate of drug-likeness (QED) is 0.625. The molecule has 3 rings (SSSR count). The molecule has 0 aliphatic rings. The number of aryl methyl sites for hydroxylation is 2. The predicted octanol–water partition coefficient (Wildman–Crippen LogP) is 4.96. The molecular formula is C17H14ClFN2. The number of hydrogen-bond donors (Lipinski definition) is 0. The Morgan fingerprint density at radius 2 is 1.86 bits per heavy atom. The molecule has 4 heteroatoms. The van der Waals surface area contributed by atoms with Crippen molar-refractivity contribution in [2.24, 2.45) is 0 Å². The molecular weight excluding hydrogens is 287 g/mol. The highest BCUT2D eigenvalue weighted by Crippen LogP contribution is 2.30. The first kappa shape index (κ1) is 14.0. The number of rotatable bonds is 2. The van der Waals surface area contributed by atoms with E-state index in [1.54, 1.807) is 6.07 Å². The molecule has 21 heavy (non-hydrogen) atoms. The van der Waals surface area contributed by atoms with E-state index in [0.717, 1.165) is 23.1 Å². The molecule has 106 valence electrons. The van der Waals surface area contributed by atoms with Crippen molar-refractivity contribution in [3.63, 3.8) is 0 Å². The van der Waals surface area contributed by atoms with Crippen LogP contribution in [0.4, 0.5) is 4.39 Å². The standard InChI is InChI=1S/C17H14ClFN2/c1-3-11-6-4-5-7-12(11)17-20-15-10(2)8-9-13(19)14(15)16(18)21-17/h4-9H,3H2,1-2H3. The first-order valence-electron chi connectivity index (χ1n) is 6.82. The number of fused-ring (bicyclic) bond motifs is 1. The van der Waals surface area contributed by atoms with Crippen LogP contribution in [0.2, 0.25) is 5.15 Å². The molecule has 0 spiro atoms. The van der Waals surface area contributed by atoms with Crippen LogP contribution in [0.5, 0.6) is 0 Å². The minimum Gasteiger partial charge on any atom is -0.227 e. The van der Waals surface area contributed by atoms with Crippen LogP contribution in [-0.2, 0) is 6.42 Å². The third kappa shape index (κ3) is 2.38. The summed E-state index contributed by atoms with van der Waals surface area (Å²) in [5.41, 5.74) is 3.52. The van der Waals surface area contributed by atoms with Crippen LogP contribution in [0.1, 0.15) is 18.1 Å². The highest BCUT2D eigenvalue weighted by Gasteiger charge is 2.14. The minimum atomic E-state index is -0.393. The van der Waals surface area contributed by atoms with Gasteiger partial charge in [0.1, 0.15) is 11.0 Å². The summed E-state index contributed by atoms with van der Waals surface area (Å²) in [4.78, 5) is 8.84. The van der Waals surface area contributed by atoms with Gasteiger partial charge in [-0.1, -0.05) is 48.9 Å². The van der Waals surface area contributed by atoms with Gasteiger partial charge in [-0.2, -0.15) is 0 Å². The molecule has 0 aliphatic carbocycles. The van der Waals surface area contributed by atoms with Crippen molar-refractivity contribution < 1.29 is 4.39 Å². The maximum atomic E-state index is 13.9. The molecule has 0 fully saturated rings. The highest BCUT2D eigenvalue weighted by molar-refractivity contribution is 6.34. The largest absolute Gasteiger partial charge is 0.227 e. The van der Waals surface area contributed by atoms with E-state index < -0.39 is 5.82 Å². The van der Waals surface area contributed by atoms with E-state index in [-0.39, 0.29) is 10.5 Å². The Morgan fingerprint density at radius 1 is 1.10 bits per heavy atom. The van der Waals surface area contributed by atoms with E-state index in [9.17, 15) is 4.39 Å². The summed E-state index contributed by atoms with van der Waals surface area (Å²) in [7, 11) is 0. The SMILES string of the molecule is CCc1ccccc1-c1nc(Cl)c2c(F)ccc(C)c2n1. The minimum absolute atomic E-state index is 0.155. The van der Waals surface area contributed by atoms with Gasteiger partial charge in [-0.3, -0.25) is 0 Å². The Kier molecular flexibility index (Phi) is 3.60. The van der Waals surface area contributed by atoms with Gasteiger partial charge >= 0.3 is 0 Å². The molecule has 3 aromatic rings.